The summed E-state index contributed by atoms with van der Waals surface area (Å²) in [6.07, 6.45) is -2.06. The van der Waals surface area contributed by atoms with Gasteiger partial charge in [0.15, 0.2) is 0 Å². The Morgan fingerprint density at radius 1 is 1.58 bits per heavy atom. The number of rotatable bonds is 3. The van der Waals surface area contributed by atoms with Gasteiger partial charge in [0.25, 0.3) is 0 Å². The van der Waals surface area contributed by atoms with Crippen LogP contribution in [-0.4, -0.2) is 20.1 Å². The topological polar surface area (TPSA) is 79.1 Å². The number of hydrogen-bond acceptors (Lipinski definition) is 4. The molecule has 0 saturated heterocycles. The van der Waals surface area contributed by atoms with Crippen molar-refractivity contribution in [2.24, 2.45) is 4.13 Å². The molecule has 0 radical (unpaired) electrons. The van der Waals surface area contributed by atoms with E-state index in [9.17, 15) is 4.57 Å². The Morgan fingerprint density at radius 2 is 2.00 bits per heavy atom. The third kappa shape index (κ3) is 4.89. The second-order valence-corrected chi connectivity index (χ2v) is 5.79. The summed E-state index contributed by atoms with van der Waals surface area (Å²) in [6.45, 7) is 0. The molecule has 0 heterocycles. The van der Waals surface area contributed by atoms with E-state index >= 15 is 0 Å². The average molecular weight is 274 g/mol. The van der Waals surface area contributed by atoms with Gasteiger partial charge in [-0.1, -0.05) is 34.8 Å². The van der Waals surface area contributed by atoms with Gasteiger partial charge in [0, 0.05) is 12.4 Å². The Balaban J connectivity index is 4.29. The molecule has 0 aromatic heterocycles. The molecular weight excluding hydrogens is 271 g/mol. The van der Waals surface area contributed by atoms with E-state index in [4.69, 9.17) is 44.8 Å². The Kier molecular flexibility index (Phi) is 4.85. The first-order valence-electron chi connectivity index (χ1n) is 2.30. The predicted molar refractivity (Wildman–Crippen MR) is 47.0 cm³/mol. The smallest absolute Gasteiger partial charge is 0.364 e. The van der Waals surface area contributed by atoms with Crippen LogP contribution in [0.3, 0.4) is 0 Å². The van der Waals surface area contributed by atoms with Crippen molar-refractivity contribution in [1.82, 2.24) is 0 Å². The maximum atomic E-state index is 10.6. The van der Waals surface area contributed by atoms with E-state index < -0.39 is 17.8 Å². The van der Waals surface area contributed by atoms with Gasteiger partial charge in [-0.05, 0) is 0 Å². The summed E-state index contributed by atoms with van der Waals surface area (Å²) in [5, 5.41) is 8.80. The molecule has 0 aliphatic heterocycles. The lowest BCUT2D eigenvalue weighted by Crippen LogP contribution is -2.26. The van der Waals surface area contributed by atoms with Gasteiger partial charge in [0.1, 0.15) is 0 Å². The lowest BCUT2D eigenvalue weighted by atomic mass is 10.8. The number of nitrogens with zero attached hydrogens (tertiary/aromatic N) is 1. The molecule has 0 aromatic rings. The van der Waals surface area contributed by atoms with Crippen molar-refractivity contribution in [2.45, 2.75) is 10.1 Å². The van der Waals surface area contributed by atoms with Crippen LogP contribution in [0.2, 0.25) is 0 Å². The third-order valence-corrected chi connectivity index (χ3v) is 2.48. The second-order valence-electron chi connectivity index (χ2n) is 1.57. The molecule has 0 aliphatic rings. The third-order valence-electron chi connectivity index (χ3n) is 0.620. The fourth-order valence-corrected chi connectivity index (χ4v) is 1.10. The quantitative estimate of drug-likeness (QED) is 0.463. The van der Waals surface area contributed by atoms with E-state index in [1.165, 1.54) is 0 Å². The zero-order valence-electron chi connectivity index (χ0n) is 5.22. The summed E-state index contributed by atoms with van der Waals surface area (Å²) in [4.78, 5) is 8.58. The molecular formula is C2H3Cl3NO4PS. The van der Waals surface area contributed by atoms with Gasteiger partial charge < -0.3 is 10.00 Å². The van der Waals surface area contributed by atoms with Crippen molar-refractivity contribution in [2.75, 3.05) is 0 Å². The Hall–Kier alpha value is 1.00. The number of halogens is 3. The molecule has 12 heavy (non-hydrogen) atoms. The largest absolute Gasteiger partial charge is 0.464 e. The van der Waals surface area contributed by atoms with Gasteiger partial charge in [-0.15, -0.1) is 4.13 Å². The minimum absolute atomic E-state index is 2.06. The fourth-order valence-electron chi connectivity index (χ4n) is 0.209. The molecule has 2 atom stereocenters. The van der Waals surface area contributed by atoms with Crippen molar-refractivity contribution in [1.29, 1.82) is 0 Å². The zero-order chi connectivity index (χ0) is 9.99. The van der Waals surface area contributed by atoms with Crippen molar-refractivity contribution in [3.63, 3.8) is 0 Å². The Labute approximate surface area is 88.3 Å². The van der Waals surface area contributed by atoms with E-state index in [0.29, 0.717) is 0 Å². The van der Waals surface area contributed by atoms with Gasteiger partial charge in [-0.3, -0.25) is 4.52 Å². The molecule has 2 N–H and O–H groups in total. The summed E-state index contributed by atoms with van der Waals surface area (Å²) < 4.78 is 14.8. The van der Waals surface area contributed by atoms with Gasteiger partial charge in [0.05, 0.1) is 0 Å². The SMILES string of the molecule is O=P(O)(N=S)OC(O)C(Cl)(Cl)Cl. The summed E-state index contributed by atoms with van der Waals surface area (Å²) in [5.41, 5.74) is 0. The van der Waals surface area contributed by atoms with E-state index in [1.54, 1.807) is 0 Å². The van der Waals surface area contributed by atoms with Crippen LogP contribution in [0.15, 0.2) is 4.13 Å². The standard InChI is InChI=1S/C2H3Cl3NO4PS/c3-2(4,5)1(7)10-11(8,9)6-12/h1,7H,(H,8,9). The minimum atomic E-state index is -4.39. The van der Waals surface area contributed by atoms with Crippen LogP contribution in [-0.2, 0) is 21.5 Å². The molecule has 0 bridgehead atoms. The normalized spacial score (nSPS) is 19.8. The van der Waals surface area contributed by atoms with Crippen LogP contribution >= 0.6 is 42.5 Å². The van der Waals surface area contributed by atoms with Crippen LogP contribution in [0.1, 0.15) is 0 Å². The molecule has 0 saturated carbocycles. The summed E-state index contributed by atoms with van der Waals surface area (Å²) >= 11 is 19.2. The molecule has 0 fully saturated rings. The van der Waals surface area contributed by atoms with Crippen molar-refractivity contribution in [3.8, 4) is 0 Å². The number of aliphatic hydroxyl groups is 1. The Morgan fingerprint density at radius 3 is 2.25 bits per heavy atom. The Bertz CT molecular complexity index is 219. The lowest BCUT2D eigenvalue weighted by Gasteiger charge is -2.18. The first-order valence-corrected chi connectivity index (χ1v) is 5.33. The summed E-state index contributed by atoms with van der Waals surface area (Å²) in [6, 6.07) is 0. The first kappa shape index (κ1) is 13.0. The molecule has 5 nitrogen and oxygen atoms in total. The van der Waals surface area contributed by atoms with E-state index in [-0.39, 0.29) is 0 Å². The monoisotopic (exact) mass is 273 g/mol. The summed E-state index contributed by atoms with van der Waals surface area (Å²) in [7, 11) is -4.39. The van der Waals surface area contributed by atoms with Crippen LogP contribution in [0.25, 0.3) is 0 Å². The van der Waals surface area contributed by atoms with Crippen LogP contribution in [0.5, 0.6) is 0 Å². The number of hydrogen-bond donors (Lipinski definition) is 2. The van der Waals surface area contributed by atoms with Crippen LogP contribution < -0.4 is 0 Å². The van der Waals surface area contributed by atoms with Gasteiger partial charge >= 0.3 is 7.75 Å². The number of aliphatic hydroxyl groups excluding tert-OH is 1. The van der Waals surface area contributed by atoms with Crippen molar-refractivity contribution in [3.05, 3.63) is 0 Å². The molecule has 10 heteroatoms. The molecule has 72 valence electrons. The van der Waals surface area contributed by atoms with E-state index in [0.717, 1.165) is 0 Å². The second kappa shape index (κ2) is 4.48. The lowest BCUT2D eigenvalue weighted by molar-refractivity contribution is -0.0199. The highest BCUT2D eigenvalue weighted by Gasteiger charge is 2.37. The highest BCUT2D eigenvalue weighted by molar-refractivity contribution is 7.62. The van der Waals surface area contributed by atoms with E-state index in [2.05, 4.69) is 21.1 Å². The molecule has 0 aliphatic carbocycles. The molecule has 0 aromatic carbocycles. The summed E-state index contributed by atoms with van der Waals surface area (Å²) in [5.74, 6) is 0. The van der Waals surface area contributed by atoms with Crippen molar-refractivity contribution < 1.29 is 19.1 Å². The van der Waals surface area contributed by atoms with Gasteiger partial charge in [-0.2, -0.15) is 0 Å². The molecule has 0 amide bonds. The maximum Gasteiger partial charge on any atom is 0.464 e. The molecule has 0 rings (SSSR count). The van der Waals surface area contributed by atoms with Crippen LogP contribution in [0.4, 0.5) is 0 Å². The molecule has 2 unspecified atom stereocenters. The average Bonchev–Trinajstić information content (AvgIpc) is 1.85. The fraction of sp³-hybridized carbons (Fsp3) is 1.00. The highest BCUT2D eigenvalue weighted by Crippen LogP contribution is 2.47. The van der Waals surface area contributed by atoms with Gasteiger partial charge in [-0.25, -0.2) is 4.57 Å². The van der Waals surface area contributed by atoms with E-state index in [1.807, 2.05) is 0 Å². The molecule has 0 spiro atoms. The van der Waals surface area contributed by atoms with Crippen molar-refractivity contribution >= 4 is 55.0 Å². The minimum Gasteiger partial charge on any atom is -0.364 e. The maximum absolute atomic E-state index is 10.6. The first-order chi connectivity index (χ1) is 5.19. The predicted octanol–water partition coefficient (Wildman–Crippen LogP) is 1.52. The van der Waals surface area contributed by atoms with Gasteiger partial charge in [0.2, 0.25) is 10.1 Å². The zero-order valence-corrected chi connectivity index (χ0v) is 9.20. The van der Waals surface area contributed by atoms with Crippen LogP contribution in [0, 0.1) is 0 Å². The number of alkyl halides is 3. The highest BCUT2D eigenvalue weighted by atomic mass is 35.6.